The van der Waals surface area contributed by atoms with Crippen LogP contribution in [0.3, 0.4) is 0 Å². The molecule has 6 unspecified atom stereocenters. The van der Waals surface area contributed by atoms with E-state index in [1.165, 1.54) is 60.9 Å². The number of nitrogens with zero attached hydrogens (tertiary/aromatic N) is 13. The van der Waals surface area contributed by atoms with Crippen molar-refractivity contribution in [3.05, 3.63) is 408 Å². The van der Waals surface area contributed by atoms with Gasteiger partial charge < -0.3 is 69.0 Å². The zero-order valence-electron chi connectivity index (χ0n) is 82.4. The van der Waals surface area contributed by atoms with Gasteiger partial charge in [-0.2, -0.15) is 13.2 Å². The molecule has 0 aliphatic rings. The van der Waals surface area contributed by atoms with Crippen molar-refractivity contribution in [1.29, 1.82) is 5.26 Å². The number of aliphatic hydroxyl groups is 6. The predicted octanol–water partition coefficient (Wildman–Crippen LogP) is 22.4. The van der Waals surface area contributed by atoms with Gasteiger partial charge in [-0.15, -0.1) is 244 Å². The molecule has 6 N–H and O–H groups in total. The topological polar surface area (TPSA) is 355 Å². The maximum Gasteiger partial charge on any atom is 0.381 e. The number of hydrogen-bond donors (Lipinski definition) is 6. The third kappa shape index (κ3) is 41.5. The molecule has 2 radical (unpaired) electrons. The van der Waals surface area contributed by atoms with Crippen molar-refractivity contribution in [2.75, 3.05) is 42.7 Å². The number of alkyl halides is 3. The van der Waals surface area contributed by atoms with E-state index in [0.29, 0.717) is 38.1 Å². The van der Waals surface area contributed by atoms with Gasteiger partial charge in [-0.3, -0.25) is 54.2 Å². The van der Waals surface area contributed by atoms with Gasteiger partial charge in [0.2, 0.25) is 0 Å². The number of aryl methyl sites for hydroxylation is 5. The Hall–Kier alpha value is -11.7. The van der Waals surface area contributed by atoms with Crippen molar-refractivity contribution in [2.24, 2.45) is 0 Å². The molecule has 19 rings (SSSR count). The number of pyridine rings is 2. The predicted molar refractivity (Wildman–Crippen MR) is 551 cm³/mol. The number of methoxy groups -OCH3 is 6. The summed E-state index contributed by atoms with van der Waals surface area (Å²) < 4.78 is 77.2. The quantitative estimate of drug-likeness (QED) is 0.0249. The zero-order valence-corrected chi connectivity index (χ0v) is 95.5. The van der Waals surface area contributed by atoms with Crippen LogP contribution in [0.5, 0.6) is 0 Å². The van der Waals surface area contributed by atoms with Crippen LogP contribution in [0.15, 0.2) is 310 Å². The molecule has 25 nitrogen and oxygen atoms in total. The molecule has 792 valence electrons. The fraction of sp³-hybridized carbons (Fsp3) is 0.184. The normalized spacial score (nSPS) is 11.5. The SMILES string of the molecule is COC(O)CC(O)OC.COC(O)CC(O)OC.COC(O)CC(O)OC.Cc1nc2ccccc2nc1-c1[c-]cc(C#N)cc1.Cc1nc2ccccc2nc1-c1[c-]cc(C(F)(F)F)cc1.Cc1nc2ccccc2nc1-c1[c-]cc(Cl)cc1.Cc1nc2ccccc2nc1-c1[c-]cc(Cl)cc1.Cc1nc2ccccc2nc1-c1[c-]cc(F)cc1.[Ir].[Ir].[Pt].[Pt].[Pt].[c-]1ccccc1-c1ccccn1.[c-]1ccccc1-c1ccccn1. The summed E-state index contributed by atoms with van der Waals surface area (Å²) in [6.07, 6.45) is -6.22. The van der Waals surface area contributed by atoms with E-state index in [1.54, 1.807) is 49.6 Å². The Morgan fingerprint density at radius 2 is 0.547 bits per heavy atom. The van der Waals surface area contributed by atoms with Crippen LogP contribution in [0.25, 0.3) is 134 Å². The monoisotopic (exact) mass is 2960 g/mol. The Labute approximate surface area is 948 Å². The van der Waals surface area contributed by atoms with E-state index in [0.717, 1.165) is 152 Å². The molecule has 7 aromatic heterocycles. The summed E-state index contributed by atoms with van der Waals surface area (Å²) in [5.41, 5.74) is 24.2. The minimum Gasteiger partial charge on any atom is -0.368 e. The maximum atomic E-state index is 12.9. The van der Waals surface area contributed by atoms with Crippen LogP contribution in [0.1, 0.15) is 58.9 Å². The summed E-state index contributed by atoms with van der Waals surface area (Å²) in [5.74, 6) is -0.301. The van der Waals surface area contributed by atoms with E-state index in [9.17, 15) is 17.6 Å². The number of para-hydroxylation sites is 10. The van der Waals surface area contributed by atoms with E-state index in [-0.39, 0.29) is 128 Å². The molecule has 0 spiro atoms. The average molecular weight is 2960 g/mol. The first kappa shape index (κ1) is 129. The minimum atomic E-state index is -4.36. The van der Waals surface area contributed by atoms with Crippen LogP contribution in [-0.4, -0.2) is 171 Å². The molecule has 0 saturated carbocycles. The molecule has 6 atom stereocenters. The number of fused-ring (bicyclic) bond motifs is 5. The Morgan fingerprint density at radius 1 is 0.300 bits per heavy atom. The molecule has 150 heavy (non-hydrogen) atoms. The molecule has 0 fully saturated rings. The first-order valence-corrected chi connectivity index (χ1v) is 45.5. The van der Waals surface area contributed by atoms with Crippen molar-refractivity contribution < 1.29 is 180 Å². The number of halogens is 6. The van der Waals surface area contributed by atoms with Crippen molar-refractivity contribution in [3.8, 4) is 84.9 Å². The van der Waals surface area contributed by atoms with E-state index in [4.69, 9.17) is 59.1 Å². The number of hydrogen-bond acceptors (Lipinski definition) is 25. The van der Waals surface area contributed by atoms with Gasteiger partial charge in [0.15, 0.2) is 37.7 Å². The van der Waals surface area contributed by atoms with Gasteiger partial charge in [-0.25, -0.2) is 5.26 Å². The average Bonchev–Trinajstić information content (AvgIpc) is 0.810. The fourth-order valence-corrected chi connectivity index (χ4v) is 13.2. The molecule has 12 aromatic carbocycles. The minimum absolute atomic E-state index is 0. The van der Waals surface area contributed by atoms with Crippen molar-refractivity contribution in [2.45, 2.75) is 97.8 Å². The van der Waals surface area contributed by atoms with Gasteiger partial charge in [0.05, 0.1) is 55.2 Å². The Kier molecular flexibility index (Phi) is 58.0. The third-order valence-electron chi connectivity index (χ3n) is 20.5. The Balaban J connectivity index is 0.000000296. The van der Waals surface area contributed by atoms with Crippen LogP contribution in [0.2, 0.25) is 10.0 Å². The van der Waals surface area contributed by atoms with Gasteiger partial charge >= 0.3 is 6.18 Å². The smallest absolute Gasteiger partial charge is 0.368 e. The second kappa shape index (κ2) is 67.6. The third-order valence-corrected chi connectivity index (χ3v) is 21.0. The van der Waals surface area contributed by atoms with Gasteiger partial charge in [-0.1, -0.05) is 84.9 Å². The summed E-state index contributed by atoms with van der Waals surface area (Å²) in [6.45, 7) is 9.52. The molecule has 0 bridgehead atoms. The molecule has 36 heteroatoms. The molecule has 19 aromatic rings. The van der Waals surface area contributed by atoms with E-state index < -0.39 is 49.5 Å². The number of aliphatic hydroxyl groups excluding tert-OH is 6. The largest absolute Gasteiger partial charge is 0.381 e. The second-order valence-corrected chi connectivity index (χ2v) is 31.8. The first-order chi connectivity index (χ1) is 70.0. The summed E-state index contributed by atoms with van der Waals surface area (Å²) >= 11 is 11.7. The first-order valence-electron chi connectivity index (χ1n) is 44.7. The number of ether oxygens (including phenoxy) is 6. The number of nitriles is 1. The van der Waals surface area contributed by atoms with Gasteiger partial charge in [0, 0.05) is 247 Å². The molecule has 7 heterocycles. The standard InChI is InChI=1S/C16H10F3N2.C16H10N3.2C15H10ClN2.C15H10FN2.2C11H8N.3C5H12O4.2Ir.3Pt/c1-10-15(21-14-5-3-2-4-13(14)20-10)11-6-8-12(9-7-11)16(17,18)19;1-11-16(13-8-6-12(10-17)7-9-13)19-15-5-3-2-4-14(15)18-11;3*1-10-15(11-6-8-12(16)9-7-11)18-14-5-3-2-4-13(14)17-10;2*1-2-6-10(7-3-1)11-8-4-5-9-12-11;3*1-8-4(6)3-5(7)9-2;;;;;/h2-6,8-9H,1H3;2-8H,1H3;3*2-6,8-9H,1H3;2*1-6,8-9H;3*4-7H,3H2,1-2H3;;;;;/q7*-1;;;;;;;;. The molecular weight excluding hydrogens is 2860 g/mol. The van der Waals surface area contributed by atoms with Crippen molar-refractivity contribution in [1.82, 2.24) is 59.8 Å². The molecule has 0 saturated heterocycles. The molecule has 0 amide bonds. The Morgan fingerprint density at radius 3 is 0.753 bits per heavy atom. The van der Waals surface area contributed by atoms with Crippen LogP contribution < -0.4 is 0 Å². The summed E-state index contributed by atoms with van der Waals surface area (Å²) in [5, 5.41) is 62.3. The van der Waals surface area contributed by atoms with Crippen LogP contribution in [0, 0.1) is 94.2 Å². The van der Waals surface area contributed by atoms with Crippen LogP contribution in [0.4, 0.5) is 17.6 Å². The van der Waals surface area contributed by atoms with E-state index >= 15 is 0 Å². The van der Waals surface area contributed by atoms with Crippen LogP contribution in [-0.2, 0) is 138 Å². The van der Waals surface area contributed by atoms with Gasteiger partial charge in [0.1, 0.15) is 0 Å². The van der Waals surface area contributed by atoms with E-state index in [1.807, 2.05) is 264 Å². The molecular formula is C114H102Cl2F4Ir2N13O12Pt3-7. The van der Waals surface area contributed by atoms with Crippen molar-refractivity contribution in [3.63, 3.8) is 0 Å². The summed E-state index contributed by atoms with van der Waals surface area (Å²) in [7, 11) is 8.13. The van der Waals surface area contributed by atoms with Crippen LogP contribution >= 0.6 is 23.2 Å². The molecule has 0 aliphatic carbocycles. The molecule has 0 aliphatic heterocycles. The zero-order chi connectivity index (χ0) is 104. The number of rotatable bonds is 19. The number of benzene rings is 12. The fourth-order valence-electron chi connectivity index (χ4n) is 13.0. The Bertz CT molecular complexity index is 6750. The number of aromatic nitrogens is 12. The second-order valence-electron chi connectivity index (χ2n) is 30.9. The summed E-state index contributed by atoms with van der Waals surface area (Å²) in [6, 6.07) is 113. The van der Waals surface area contributed by atoms with Gasteiger partial charge in [0.25, 0.3) is 0 Å². The maximum absolute atomic E-state index is 12.9. The van der Waals surface area contributed by atoms with Gasteiger partial charge in [-0.05, 0) is 140 Å². The van der Waals surface area contributed by atoms with Crippen molar-refractivity contribution >= 4 is 78.4 Å². The summed E-state index contributed by atoms with van der Waals surface area (Å²) in [4.78, 5) is 53.9. The van der Waals surface area contributed by atoms with E-state index in [2.05, 4.69) is 137 Å².